The van der Waals surface area contributed by atoms with Gasteiger partial charge in [-0.3, -0.25) is 19.1 Å². The monoisotopic (exact) mass is 410 g/mol. The van der Waals surface area contributed by atoms with E-state index >= 15 is 0 Å². The Kier molecular flexibility index (Phi) is 7.56. The summed E-state index contributed by atoms with van der Waals surface area (Å²) in [6.07, 6.45) is 4.85. The fraction of sp³-hybridized carbons (Fsp3) is 0.526. The van der Waals surface area contributed by atoms with Crippen molar-refractivity contribution in [1.29, 1.82) is 0 Å². The van der Waals surface area contributed by atoms with Crippen LogP contribution in [0.3, 0.4) is 0 Å². The molecule has 1 aliphatic carbocycles. The molecule has 1 atom stereocenters. The predicted octanol–water partition coefficient (Wildman–Crippen LogP) is 1.87. The third-order valence-electron chi connectivity index (χ3n) is 4.53. The maximum absolute atomic E-state index is 12.4. The zero-order chi connectivity index (χ0) is 20.7. The molecule has 9 heteroatoms. The molecule has 2 rings (SSSR count). The SMILES string of the molecule is C[C@@H](OC(=O)CNC(=O)C1CCCCC1)C(=O)c1ccc(NS(C)(=O)=O)cc1. The van der Waals surface area contributed by atoms with Gasteiger partial charge in [0.25, 0.3) is 0 Å². The lowest BCUT2D eigenvalue weighted by Crippen LogP contribution is -2.37. The van der Waals surface area contributed by atoms with Gasteiger partial charge in [-0.1, -0.05) is 19.3 Å². The molecule has 1 fully saturated rings. The van der Waals surface area contributed by atoms with E-state index in [1.807, 2.05) is 0 Å². The summed E-state index contributed by atoms with van der Waals surface area (Å²) < 4.78 is 29.8. The van der Waals surface area contributed by atoms with Gasteiger partial charge in [0.15, 0.2) is 6.10 Å². The Hall–Kier alpha value is -2.42. The first kappa shape index (κ1) is 21.9. The molecule has 0 aromatic heterocycles. The average molecular weight is 410 g/mol. The number of amides is 1. The second-order valence-electron chi connectivity index (χ2n) is 7.00. The van der Waals surface area contributed by atoms with E-state index in [9.17, 15) is 22.8 Å². The average Bonchev–Trinajstić information content (AvgIpc) is 2.65. The van der Waals surface area contributed by atoms with E-state index in [0.29, 0.717) is 5.69 Å². The van der Waals surface area contributed by atoms with Gasteiger partial charge in [-0.2, -0.15) is 0 Å². The van der Waals surface area contributed by atoms with Crippen LogP contribution < -0.4 is 10.0 Å². The van der Waals surface area contributed by atoms with E-state index < -0.39 is 27.9 Å². The summed E-state index contributed by atoms with van der Waals surface area (Å²) in [7, 11) is -3.40. The second-order valence-corrected chi connectivity index (χ2v) is 8.75. The zero-order valence-corrected chi connectivity index (χ0v) is 16.9. The van der Waals surface area contributed by atoms with Crippen LogP contribution in [0.4, 0.5) is 5.69 Å². The van der Waals surface area contributed by atoms with E-state index in [-0.39, 0.29) is 23.9 Å². The molecule has 8 nitrogen and oxygen atoms in total. The molecule has 0 spiro atoms. The van der Waals surface area contributed by atoms with Gasteiger partial charge in [0, 0.05) is 17.2 Å². The Morgan fingerprint density at radius 2 is 1.71 bits per heavy atom. The molecule has 0 unspecified atom stereocenters. The molecular weight excluding hydrogens is 384 g/mol. The van der Waals surface area contributed by atoms with Crippen molar-refractivity contribution in [2.45, 2.75) is 45.1 Å². The van der Waals surface area contributed by atoms with Crippen LogP contribution in [0.15, 0.2) is 24.3 Å². The molecule has 154 valence electrons. The lowest BCUT2D eigenvalue weighted by molar-refractivity contribution is -0.146. The molecule has 1 aromatic carbocycles. The van der Waals surface area contributed by atoms with Gasteiger partial charge in [0.05, 0.1) is 6.26 Å². The van der Waals surface area contributed by atoms with Gasteiger partial charge in [-0.25, -0.2) is 8.42 Å². The highest BCUT2D eigenvalue weighted by Crippen LogP contribution is 2.23. The molecule has 0 heterocycles. The van der Waals surface area contributed by atoms with E-state index in [1.54, 1.807) is 0 Å². The number of hydrogen-bond acceptors (Lipinski definition) is 6. The number of nitrogens with one attached hydrogen (secondary N) is 2. The molecule has 2 N–H and O–H groups in total. The summed E-state index contributed by atoms with van der Waals surface area (Å²) >= 11 is 0. The number of Topliss-reactive ketones (excluding diaryl/α,β-unsaturated/α-hetero) is 1. The van der Waals surface area contributed by atoms with Crippen molar-refractivity contribution in [3.63, 3.8) is 0 Å². The van der Waals surface area contributed by atoms with Crippen LogP contribution in [-0.4, -0.2) is 45.0 Å². The predicted molar refractivity (Wildman–Crippen MR) is 104 cm³/mol. The van der Waals surface area contributed by atoms with Crippen LogP contribution in [0.1, 0.15) is 49.4 Å². The minimum absolute atomic E-state index is 0.0559. The molecular formula is C19H26N2O6S. The lowest BCUT2D eigenvalue weighted by atomic mass is 9.89. The summed E-state index contributed by atoms with van der Waals surface area (Å²) in [6, 6.07) is 5.80. The number of esters is 1. The molecule has 0 aliphatic heterocycles. The maximum atomic E-state index is 12.4. The Balaban J connectivity index is 1.82. The third-order valence-corrected chi connectivity index (χ3v) is 5.14. The van der Waals surface area contributed by atoms with Crippen LogP contribution in [0.5, 0.6) is 0 Å². The van der Waals surface area contributed by atoms with Crippen molar-refractivity contribution < 1.29 is 27.5 Å². The van der Waals surface area contributed by atoms with Crippen molar-refractivity contribution in [2.75, 3.05) is 17.5 Å². The number of benzene rings is 1. The van der Waals surface area contributed by atoms with E-state index in [1.165, 1.54) is 31.2 Å². The normalized spacial score (nSPS) is 16.1. The van der Waals surface area contributed by atoms with Gasteiger partial charge in [-0.05, 0) is 44.0 Å². The summed E-state index contributed by atoms with van der Waals surface area (Å²) in [4.78, 5) is 36.3. The Morgan fingerprint density at radius 1 is 1.11 bits per heavy atom. The third kappa shape index (κ3) is 6.95. The van der Waals surface area contributed by atoms with Crippen LogP contribution in [0.2, 0.25) is 0 Å². The molecule has 1 aromatic rings. The van der Waals surface area contributed by atoms with Crippen molar-refractivity contribution in [1.82, 2.24) is 5.32 Å². The Bertz CT molecular complexity index is 813. The number of anilines is 1. The van der Waals surface area contributed by atoms with Crippen LogP contribution in [-0.2, 0) is 24.3 Å². The second kappa shape index (κ2) is 9.68. The van der Waals surface area contributed by atoms with Crippen LogP contribution >= 0.6 is 0 Å². The van der Waals surface area contributed by atoms with Gasteiger partial charge in [0.2, 0.25) is 21.7 Å². The highest BCUT2D eigenvalue weighted by Gasteiger charge is 2.23. The van der Waals surface area contributed by atoms with Crippen molar-refractivity contribution in [3.05, 3.63) is 29.8 Å². The Labute approximate surface area is 165 Å². The zero-order valence-electron chi connectivity index (χ0n) is 16.1. The number of hydrogen-bond donors (Lipinski definition) is 2. The highest BCUT2D eigenvalue weighted by molar-refractivity contribution is 7.92. The Morgan fingerprint density at radius 3 is 2.29 bits per heavy atom. The highest BCUT2D eigenvalue weighted by atomic mass is 32.2. The van der Waals surface area contributed by atoms with Crippen molar-refractivity contribution >= 4 is 33.4 Å². The van der Waals surface area contributed by atoms with E-state index in [2.05, 4.69) is 10.0 Å². The quantitative estimate of drug-likeness (QED) is 0.499. The minimum atomic E-state index is -3.40. The number of rotatable bonds is 8. The number of sulfonamides is 1. The maximum Gasteiger partial charge on any atom is 0.326 e. The largest absolute Gasteiger partial charge is 0.453 e. The number of carbonyl (C=O) groups is 3. The lowest BCUT2D eigenvalue weighted by Gasteiger charge is -2.20. The summed E-state index contributed by atoms with van der Waals surface area (Å²) in [6.45, 7) is 1.18. The molecule has 0 saturated heterocycles. The van der Waals surface area contributed by atoms with Gasteiger partial charge in [-0.15, -0.1) is 0 Å². The van der Waals surface area contributed by atoms with Crippen molar-refractivity contribution in [3.8, 4) is 0 Å². The first-order chi connectivity index (χ1) is 13.2. The minimum Gasteiger partial charge on any atom is -0.453 e. The fourth-order valence-electron chi connectivity index (χ4n) is 3.11. The van der Waals surface area contributed by atoms with Crippen LogP contribution in [0, 0.1) is 5.92 Å². The fourth-order valence-corrected chi connectivity index (χ4v) is 3.68. The molecule has 0 radical (unpaired) electrons. The molecule has 28 heavy (non-hydrogen) atoms. The van der Waals surface area contributed by atoms with Crippen LogP contribution in [0.25, 0.3) is 0 Å². The molecule has 0 bridgehead atoms. The van der Waals surface area contributed by atoms with E-state index in [4.69, 9.17) is 4.74 Å². The molecule has 1 saturated carbocycles. The summed E-state index contributed by atoms with van der Waals surface area (Å²) in [5.41, 5.74) is 0.611. The number of ketones is 1. The van der Waals surface area contributed by atoms with E-state index in [0.717, 1.165) is 38.4 Å². The number of carbonyl (C=O) groups excluding carboxylic acids is 3. The standard InChI is InChI=1S/C19H26N2O6S/c1-13(18(23)14-8-10-16(11-9-14)21-28(2,25)26)27-17(22)12-20-19(24)15-6-4-3-5-7-15/h8-11,13,15,21H,3-7,12H2,1-2H3,(H,20,24)/t13-/m1/s1. The van der Waals surface area contributed by atoms with Crippen molar-refractivity contribution in [2.24, 2.45) is 5.92 Å². The number of ether oxygens (including phenoxy) is 1. The van der Waals surface area contributed by atoms with Gasteiger partial charge in [0.1, 0.15) is 6.54 Å². The summed E-state index contributed by atoms with van der Waals surface area (Å²) in [5.74, 6) is -1.30. The molecule has 1 amide bonds. The first-order valence-electron chi connectivity index (χ1n) is 9.25. The first-order valence-corrected chi connectivity index (χ1v) is 11.1. The molecule has 1 aliphatic rings. The summed E-state index contributed by atoms with van der Waals surface area (Å²) in [5, 5.41) is 2.58. The smallest absolute Gasteiger partial charge is 0.326 e. The topological polar surface area (TPSA) is 119 Å². The van der Waals surface area contributed by atoms with Gasteiger partial charge < -0.3 is 10.1 Å². The van der Waals surface area contributed by atoms with Gasteiger partial charge >= 0.3 is 5.97 Å².